The molecule has 0 fully saturated rings. The van der Waals surface area contributed by atoms with Crippen LogP contribution in [0.25, 0.3) is 0 Å². The molecule has 1 aromatic rings. The zero-order chi connectivity index (χ0) is 10.3. The average molecular weight is 195 g/mol. The van der Waals surface area contributed by atoms with Crippen LogP contribution in [0.2, 0.25) is 0 Å². The van der Waals surface area contributed by atoms with E-state index in [-0.39, 0.29) is 5.95 Å². The SMILES string of the molecule is CC(C)(n1nnnc1N)C(F)(F)F. The van der Waals surface area contributed by atoms with Crippen molar-refractivity contribution in [2.24, 2.45) is 0 Å². The molecule has 5 nitrogen and oxygen atoms in total. The van der Waals surface area contributed by atoms with Gasteiger partial charge in [0, 0.05) is 0 Å². The molecule has 0 atom stereocenters. The summed E-state index contributed by atoms with van der Waals surface area (Å²) in [5.74, 6) is -0.359. The van der Waals surface area contributed by atoms with Crippen LogP contribution in [0.4, 0.5) is 19.1 Å². The van der Waals surface area contributed by atoms with Crippen LogP contribution in [-0.2, 0) is 5.54 Å². The summed E-state index contributed by atoms with van der Waals surface area (Å²) in [7, 11) is 0. The highest BCUT2D eigenvalue weighted by Crippen LogP contribution is 2.36. The molecule has 0 unspecified atom stereocenters. The Balaban J connectivity index is 3.15. The number of hydrogen-bond donors (Lipinski definition) is 1. The zero-order valence-electron chi connectivity index (χ0n) is 7.00. The number of anilines is 1. The van der Waals surface area contributed by atoms with Gasteiger partial charge in [-0.2, -0.15) is 17.9 Å². The van der Waals surface area contributed by atoms with Crippen molar-refractivity contribution >= 4 is 5.95 Å². The standard InChI is InChI=1S/C5H8F3N5/c1-4(2,5(6,7)8)13-3(9)10-11-12-13/h1-2H3,(H2,9,10,12). The van der Waals surface area contributed by atoms with Gasteiger partial charge in [-0.1, -0.05) is 5.10 Å². The predicted molar refractivity (Wildman–Crippen MR) is 37.6 cm³/mol. The maximum atomic E-state index is 12.4. The Morgan fingerprint density at radius 3 is 2.15 bits per heavy atom. The van der Waals surface area contributed by atoms with Crippen LogP contribution in [0.1, 0.15) is 13.8 Å². The second kappa shape index (κ2) is 2.57. The Labute approximate surface area is 71.7 Å². The van der Waals surface area contributed by atoms with Gasteiger partial charge < -0.3 is 5.73 Å². The summed E-state index contributed by atoms with van der Waals surface area (Å²) in [4.78, 5) is 0. The lowest BCUT2D eigenvalue weighted by Crippen LogP contribution is -2.43. The fourth-order valence-electron chi connectivity index (χ4n) is 0.712. The molecule has 1 rings (SSSR count). The fourth-order valence-corrected chi connectivity index (χ4v) is 0.712. The first-order valence-electron chi connectivity index (χ1n) is 3.38. The van der Waals surface area contributed by atoms with Crippen molar-refractivity contribution in [2.45, 2.75) is 25.6 Å². The van der Waals surface area contributed by atoms with Crippen molar-refractivity contribution in [3.63, 3.8) is 0 Å². The largest absolute Gasteiger partial charge is 0.413 e. The van der Waals surface area contributed by atoms with Crippen molar-refractivity contribution in [1.82, 2.24) is 20.2 Å². The summed E-state index contributed by atoms with van der Waals surface area (Å²) in [5, 5.41) is 9.38. The molecule has 0 saturated carbocycles. The van der Waals surface area contributed by atoms with E-state index in [1.54, 1.807) is 0 Å². The molecule has 0 bridgehead atoms. The smallest absolute Gasteiger partial charge is 0.367 e. The van der Waals surface area contributed by atoms with Gasteiger partial charge in [0.2, 0.25) is 5.95 Å². The van der Waals surface area contributed by atoms with Crippen molar-refractivity contribution in [2.75, 3.05) is 5.73 Å². The van der Waals surface area contributed by atoms with Crippen molar-refractivity contribution < 1.29 is 13.2 Å². The summed E-state index contributed by atoms with van der Waals surface area (Å²) in [5.41, 5.74) is 2.96. The van der Waals surface area contributed by atoms with Crippen molar-refractivity contribution in [1.29, 1.82) is 0 Å². The molecule has 0 aromatic carbocycles. The van der Waals surface area contributed by atoms with Crippen LogP contribution in [0.3, 0.4) is 0 Å². The third-order valence-corrected chi connectivity index (χ3v) is 1.72. The van der Waals surface area contributed by atoms with Gasteiger partial charge in [0.05, 0.1) is 0 Å². The summed E-state index contributed by atoms with van der Waals surface area (Å²) < 4.78 is 37.7. The lowest BCUT2D eigenvalue weighted by atomic mass is 10.1. The van der Waals surface area contributed by atoms with Crippen LogP contribution < -0.4 is 5.73 Å². The molecule has 0 radical (unpaired) electrons. The van der Waals surface area contributed by atoms with Gasteiger partial charge in [-0.25, -0.2) is 0 Å². The van der Waals surface area contributed by atoms with E-state index in [9.17, 15) is 13.2 Å². The molecule has 0 saturated heterocycles. The zero-order valence-corrected chi connectivity index (χ0v) is 7.00. The number of alkyl halides is 3. The Kier molecular flexibility index (Phi) is 1.93. The van der Waals surface area contributed by atoms with Crippen LogP contribution in [-0.4, -0.2) is 26.4 Å². The third-order valence-electron chi connectivity index (χ3n) is 1.72. The minimum absolute atomic E-state index is 0.359. The predicted octanol–water partition coefficient (Wildman–Crippen LogP) is 0.553. The first-order valence-corrected chi connectivity index (χ1v) is 3.38. The summed E-state index contributed by atoms with van der Waals surface area (Å²) >= 11 is 0. The van der Waals surface area contributed by atoms with Crippen molar-refractivity contribution in [3.8, 4) is 0 Å². The molecule has 0 aliphatic heterocycles. The van der Waals surface area contributed by atoms with Crippen LogP contribution in [0, 0.1) is 0 Å². The fraction of sp³-hybridized carbons (Fsp3) is 0.800. The second-order valence-electron chi connectivity index (χ2n) is 3.01. The maximum Gasteiger partial charge on any atom is 0.413 e. The Morgan fingerprint density at radius 2 is 1.85 bits per heavy atom. The molecule has 74 valence electrons. The molecule has 13 heavy (non-hydrogen) atoms. The highest BCUT2D eigenvalue weighted by atomic mass is 19.4. The molecule has 0 amide bonds. The Hall–Kier alpha value is -1.34. The highest BCUT2D eigenvalue weighted by molar-refractivity contribution is 5.14. The summed E-state index contributed by atoms with van der Waals surface area (Å²) in [6, 6.07) is 0. The highest BCUT2D eigenvalue weighted by Gasteiger charge is 2.50. The minimum Gasteiger partial charge on any atom is -0.367 e. The van der Waals surface area contributed by atoms with E-state index in [2.05, 4.69) is 15.5 Å². The molecule has 2 N–H and O–H groups in total. The van der Waals surface area contributed by atoms with E-state index < -0.39 is 11.7 Å². The van der Waals surface area contributed by atoms with Crippen molar-refractivity contribution in [3.05, 3.63) is 0 Å². The number of aromatic nitrogens is 4. The Bertz CT molecular complexity index is 301. The van der Waals surface area contributed by atoms with E-state index in [1.165, 1.54) is 0 Å². The van der Waals surface area contributed by atoms with E-state index in [0.29, 0.717) is 4.68 Å². The topological polar surface area (TPSA) is 69.6 Å². The van der Waals surface area contributed by atoms with Crippen LogP contribution in [0.5, 0.6) is 0 Å². The number of halogens is 3. The monoisotopic (exact) mass is 195 g/mol. The molecule has 8 heteroatoms. The number of nitrogens with two attached hydrogens (primary N) is 1. The first-order chi connectivity index (χ1) is 5.77. The van der Waals surface area contributed by atoms with Gasteiger partial charge in [0.1, 0.15) is 0 Å². The average Bonchev–Trinajstić information content (AvgIpc) is 2.32. The number of nitrogens with zero attached hydrogens (tertiary/aromatic N) is 4. The lowest BCUT2D eigenvalue weighted by molar-refractivity contribution is -0.205. The minimum atomic E-state index is -4.45. The van der Waals surface area contributed by atoms with Gasteiger partial charge in [0.15, 0.2) is 5.54 Å². The molecular formula is C5H8F3N5. The van der Waals surface area contributed by atoms with E-state index >= 15 is 0 Å². The van der Waals surface area contributed by atoms with Gasteiger partial charge in [-0.3, -0.25) is 0 Å². The number of rotatable bonds is 1. The first kappa shape index (κ1) is 9.75. The summed E-state index contributed by atoms with van der Waals surface area (Å²) in [6.45, 7) is 1.89. The van der Waals surface area contributed by atoms with E-state index in [0.717, 1.165) is 13.8 Å². The van der Waals surface area contributed by atoms with Gasteiger partial charge in [0.25, 0.3) is 0 Å². The quantitative estimate of drug-likeness (QED) is 0.710. The van der Waals surface area contributed by atoms with Gasteiger partial charge >= 0.3 is 6.18 Å². The summed E-state index contributed by atoms with van der Waals surface area (Å²) in [6.07, 6.45) is -4.45. The van der Waals surface area contributed by atoms with E-state index in [1.807, 2.05) is 0 Å². The molecule has 0 aliphatic carbocycles. The molecule has 1 heterocycles. The molecule has 0 spiro atoms. The normalized spacial score (nSPS) is 13.3. The van der Waals surface area contributed by atoms with Crippen LogP contribution >= 0.6 is 0 Å². The Morgan fingerprint density at radius 1 is 1.31 bits per heavy atom. The van der Waals surface area contributed by atoms with E-state index in [4.69, 9.17) is 5.73 Å². The van der Waals surface area contributed by atoms with Gasteiger partial charge in [-0.15, -0.1) is 0 Å². The van der Waals surface area contributed by atoms with Gasteiger partial charge in [-0.05, 0) is 24.3 Å². The maximum absolute atomic E-state index is 12.4. The molecular weight excluding hydrogens is 187 g/mol. The third kappa shape index (κ3) is 1.43. The lowest BCUT2D eigenvalue weighted by Gasteiger charge is -2.27. The molecule has 1 aromatic heterocycles. The number of nitrogen functional groups attached to an aromatic ring is 1. The second-order valence-corrected chi connectivity index (χ2v) is 3.01. The number of tetrazole rings is 1. The number of hydrogen-bond acceptors (Lipinski definition) is 4. The van der Waals surface area contributed by atoms with Crippen LogP contribution in [0.15, 0.2) is 0 Å². The molecule has 0 aliphatic rings.